The average Bonchev–Trinajstić information content (AvgIpc) is 2.76. The second-order valence-electron chi connectivity index (χ2n) is 4.12. The van der Waals surface area contributed by atoms with Crippen LogP contribution in [0.5, 0.6) is 0 Å². The van der Waals surface area contributed by atoms with Crippen molar-refractivity contribution >= 4 is 11.6 Å². The normalized spacial score (nSPS) is 14.4. The fourth-order valence-electron chi connectivity index (χ4n) is 1.51. The standard InChI is InChI=1S/C12H14ClN3O2/c1-7(17)11(14)12-15-10(16-18-12)6-8-3-2-4-9(13)5-8/h2-5,7,11,17H,6,14H2,1H3/t7-,11+/m1/s1. The Morgan fingerprint density at radius 1 is 1.50 bits per heavy atom. The van der Waals surface area contributed by atoms with Crippen molar-refractivity contribution in [2.45, 2.75) is 25.5 Å². The van der Waals surface area contributed by atoms with E-state index < -0.39 is 12.1 Å². The molecule has 0 aliphatic carbocycles. The van der Waals surface area contributed by atoms with Crippen LogP contribution in [0.25, 0.3) is 0 Å². The minimum Gasteiger partial charge on any atom is -0.391 e. The molecule has 0 saturated heterocycles. The number of rotatable bonds is 4. The molecule has 0 unspecified atom stereocenters. The lowest BCUT2D eigenvalue weighted by Gasteiger charge is -2.08. The second-order valence-corrected chi connectivity index (χ2v) is 4.56. The highest BCUT2D eigenvalue weighted by Crippen LogP contribution is 2.16. The minimum absolute atomic E-state index is 0.238. The average molecular weight is 268 g/mol. The van der Waals surface area contributed by atoms with Crippen LogP contribution >= 0.6 is 11.6 Å². The van der Waals surface area contributed by atoms with Crippen LogP contribution in [0.15, 0.2) is 28.8 Å². The summed E-state index contributed by atoms with van der Waals surface area (Å²) >= 11 is 5.89. The quantitative estimate of drug-likeness (QED) is 0.881. The molecule has 2 rings (SSSR count). The molecule has 2 atom stereocenters. The third kappa shape index (κ3) is 3.07. The molecule has 0 saturated carbocycles. The van der Waals surface area contributed by atoms with E-state index in [2.05, 4.69) is 10.1 Å². The third-order valence-electron chi connectivity index (χ3n) is 2.54. The van der Waals surface area contributed by atoms with Crippen LogP contribution in [0.4, 0.5) is 0 Å². The first kappa shape index (κ1) is 13.0. The summed E-state index contributed by atoms with van der Waals surface area (Å²) in [7, 11) is 0. The lowest BCUT2D eigenvalue weighted by molar-refractivity contribution is 0.146. The summed E-state index contributed by atoms with van der Waals surface area (Å²) in [4.78, 5) is 4.15. The Bertz CT molecular complexity index is 528. The van der Waals surface area contributed by atoms with Gasteiger partial charge in [-0.2, -0.15) is 4.98 Å². The number of halogens is 1. The monoisotopic (exact) mass is 267 g/mol. The summed E-state index contributed by atoms with van der Waals surface area (Å²) < 4.78 is 5.01. The number of benzene rings is 1. The molecular formula is C12H14ClN3O2. The minimum atomic E-state index is -0.732. The largest absolute Gasteiger partial charge is 0.391 e. The predicted molar refractivity (Wildman–Crippen MR) is 67.2 cm³/mol. The smallest absolute Gasteiger partial charge is 0.246 e. The third-order valence-corrected chi connectivity index (χ3v) is 2.78. The molecular weight excluding hydrogens is 254 g/mol. The zero-order chi connectivity index (χ0) is 13.1. The van der Waals surface area contributed by atoms with E-state index in [1.165, 1.54) is 0 Å². The van der Waals surface area contributed by atoms with Gasteiger partial charge < -0.3 is 15.4 Å². The highest BCUT2D eigenvalue weighted by atomic mass is 35.5. The van der Waals surface area contributed by atoms with Gasteiger partial charge in [0.2, 0.25) is 5.89 Å². The maximum absolute atomic E-state index is 9.34. The molecule has 5 nitrogen and oxygen atoms in total. The van der Waals surface area contributed by atoms with Crippen LogP contribution in [0.1, 0.15) is 30.2 Å². The van der Waals surface area contributed by atoms with E-state index in [0.29, 0.717) is 17.3 Å². The summed E-state index contributed by atoms with van der Waals surface area (Å²) in [6.45, 7) is 1.57. The Balaban J connectivity index is 2.11. The van der Waals surface area contributed by atoms with Crippen molar-refractivity contribution in [3.8, 4) is 0 Å². The van der Waals surface area contributed by atoms with E-state index in [9.17, 15) is 5.11 Å². The Hall–Kier alpha value is -1.43. The van der Waals surface area contributed by atoms with Gasteiger partial charge in [-0.1, -0.05) is 28.9 Å². The van der Waals surface area contributed by atoms with Gasteiger partial charge in [-0.25, -0.2) is 0 Å². The van der Waals surface area contributed by atoms with E-state index in [4.69, 9.17) is 21.9 Å². The maximum atomic E-state index is 9.34. The highest BCUT2D eigenvalue weighted by molar-refractivity contribution is 6.30. The van der Waals surface area contributed by atoms with Crippen LogP contribution in [-0.2, 0) is 6.42 Å². The Labute approximate surface area is 110 Å². The fraction of sp³-hybridized carbons (Fsp3) is 0.333. The Kier molecular flexibility index (Phi) is 3.96. The fourth-order valence-corrected chi connectivity index (χ4v) is 1.72. The van der Waals surface area contributed by atoms with Gasteiger partial charge in [0.05, 0.1) is 6.10 Å². The number of hydrogen-bond acceptors (Lipinski definition) is 5. The van der Waals surface area contributed by atoms with Crippen LogP contribution in [0, 0.1) is 0 Å². The first-order valence-electron chi connectivity index (χ1n) is 5.57. The summed E-state index contributed by atoms with van der Waals surface area (Å²) in [5.41, 5.74) is 6.69. The first-order chi connectivity index (χ1) is 8.56. The molecule has 0 bridgehead atoms. The molecule has 1 aromatic carbocycles. The van der Waals surface area contributed by atoms with Crippen LogP contribution in [0.2, 0.25) is 5.02 Å². The van der Waals surface area contributed by atoms with Gasteiger partial charge in [-0.15, -0.1) is 0 Å². The van der Waals surface area contributed by atoms with Gasteiger partial charge >= 0.3 is 0 Å². The summed E-state index contributed by atoms with van der Waals surface area (Å²) in [6.07, 6.45) is -0.221. The molecule has 96 valence electrons. The van der Waals surface area contributed by atoms with Crippen molar-refractivity contribution in [2.24, 2.45) is 5.73 Å². The van der Waals surface area contributed by atoms with Crippen LogP contribution in [-0.4, -0.2) is 21.4 Å². The zero-order valence-electron chi connectivity index (χ0n) is 9.88. The van der Waals surface area contributed by atoms with Crippen molar-refractivity contribution in [2.75, 3.05) is 0 Å². The summed E-state index contributed by atoms with van der Waals surface area (Å²) in [6, 6.07) is 6.77. The van der Waals surface area contributed by atoms with Gasteiger partial charge in [0.15, 0.2) is 5.82 Å². The number of nitrogens with zero attached hydrogens (tertiary/aromatic N) is 2. The molecule has 0 aliphatic heterocycles. The van der Waals surface area contributed by atoms with Crippen molar-refractivity contribution < 1.29 is 9.63 Å². The van der Waals surface area contributed by atoms with E-state index in [1.54, 1.807) is 13.0 Å². The number of aliphatic hydroxyl groups excluding tert-OH is 1. The summed E-state index contributed by atoms with van der Waals surface area (Å²) in [5, 5.41) is 13.8. The van der Waals surface area contributed by atoms with Gasteiger partial charge in [-0.05, 0) is 24.6 Å². The number of aliphatic hydroxyl groups is 1. The van der Waals surface area contributed by atoms with Gasteiger partial charge in [0.1, 0.15) is 6.04 Å². The van der Waals surface area contributed by atoms with Crippen molar-refractivity contribution in [3.63, 3.8) is 0 Å². The van der Waals surface area contributed by atoms with Gasteiger partial charge in [-0.3, -0.25) is 0 Å². The first-order valence-corrected chi connectivity index (χ1v) is 5.94. The van der Waals surface area contributed by atoms with E-state index in [-0.39, 0.29) is 5.89 Å². The van der Waals surface area contributed by atoms with Crippen molar-refractivity contribution in [1.29, 1.82) is 0 Å². The molecule has 0 radical (unpaired) electrons. The summed E-state index contributed by atoms with van der Waals surface area (Å²) in [5.74, 6) is 0.755. The molecule has 18 heavy (non-hydrogen) atoms. The molecule has 0 fully saturated rings. The number of aromatic nitrogens is 2. The molecule has 2 aromatic rings. The van der Waals surface area contributed by atoms with Gasteiger partial charge in [0.25, 0.3) is 0 Å². The predicted octanol–water partition coefficient (Wildman–Crippen LogP) is 1.69. The lowest BCUT2D eigenvalue weighted by Crippen LogP contribution is -2.23. The zero-order valence-corrected chi connectivity index (χ0v) is 10.6. The van der Waals surface area contributed by atoms with Gasteiger partial charge in [0, 0.05) is 11.4 Å². The number of nitrogens with two attached hydrogens (primary N) is 1. The SMILES string of the molecule is C[C@@H](O)[C@H](N)c1nc(Cc2cccc(Cl)c2)no1. The molecule has 0 spiro atoms. The van der Waals surface area contributed by atoms with E-state index >= 15 is 0 Å². The Morgan fingerprint density at radius 2 is 2.28 bits per heavy atom. The maximum Gasteiger partial charge on any atom is 0.246 e. The highest BCUT2D eigenvalue weighted by Gasteiger charge is 2.19. The van der Waals surface area contributed by atoms with E-state index in [1.807, 2.05) is 18.2 Å². The number of hydrogen-bond donors (Lipinski definition) is 2. The molecule has 3 N–H and O–H groups in total. The molecule has 0 amide bonds. The second kappa shape index (κ2) is 5.48. The van der Waals surface area contributed by atoms with Crippen molar-refractivity contribution in [1.82, 2.24) is 10.1 Å². The molecule has 0 aliphatic rings. The van der Waals surface area contributed by atoms with Crippen LogP contribution in [0.3, 0.4) is 0 Å². The molecule has 1 heterocycles. The Morgan fingerprint density at radius 3 is 2.94 bits per heavy atom. The topological polar surface area (TPSA) is 85.2 Å². The van der Waals surface area contributed by atoms with Crippen molar-refractivity contribution in [3.05, 3.63) is 46.6 Å². The van der Waals surface area contributed by atoms with Crippen LogP contribution < -0.4 is 5.73 Å². The van der Waals surface area contributed by atoms with E-state index in [0.717, 1.165) is 5.56 Å². The molecule has 1 aromatic heterocycles. The molecule has 6 heteroatoms. The lowest BCUT2D eigenvalue weighted by atomic mass is 10.1.